The molecule has 1 unspecified atom stereocenters. The van der Waals surface area contributed by atoms with E-state index in [0.717, 1.165) is 12.1 Å². The SMILES string of the molecule is CN(CC(=O)O)CC1CN(Cc2ccc(F)c(C(F)(F)F)c2)CCO1. The van der Waals surface area contributed by atoms with E-state index in [2.05, 4.69) is 0 Å². The normalized spacial score (nSPS) is 19.4. The Morgan fingerprint density at radius 2 is 2.16 bits per heavy atom. The van der Waals surface area contributed by atoms with Crippen LogP contribution in [0, 0.1) is 5.82 Å². The van der Waals surface area contributed by atoms with Gasteiger partial charge in [0, 0.05) is 26.2 Å². The van der Waals surface area contributed by atoms with Crippen molar-refractivity contribution in [3.05, 3.63) is 35.1 Å². The number of likely N-dealkylation sites (N-methyl/N-ethyl adjacent to an activating group) is 1. The van der Waals surface area contributed by atoms with Gasteiger partial charge in [-0.05, 0) is 24.7 Å². The molecule has 25 heavy (non-hydrogen) atoms. The van der Waals surface area contributed by atoms with Gasteiger partial charge in [-0.15, -0.1) is 0 Å². The zero-order valence-electron chi connectivity index (χ0n) is 13.7. The number of hydrogen-bond donors (Lipinski definition) is 1. The van der Waals surface area contributed by atoms with Crippen molar-refractivity contribution in [2.75, 3.05) is 39.8 Å². The summed E-state index contributed by atoms with van der Waals surface area (Å²) in [5.41, 5.74) is -0.899. The van der Waals surface area contributed by atoms with Crippen molar-refractivity contribution < 1.29 is 32.2 Å². The largest absolute Gasteiger partial charge is 0.480 e. The lowest BCUT2D eigenvalue weighted by atomic mass is 10.1. The van der Waals surface area contributed by atoms with E-state index in [1.807, 2.05) is 4.90 Å². The number of rotatable bonds is 6. The monoisotopic (exact) mass is 364 g/mol. The maximum Gasteiger partial charge on any atom is 0.419 e. The second kappa shape index (κ2) is 8.11. The summed E-state index contributed by atoms with van der Waals surface area (Å²) in [7, 11) is 1.66. The van der Waals surface area contributed by atoms with E-state index in [1.165, 1.54) is 6.07 Å². The zero-order valence-corrected chi connectivity index (χ0v) is 13.7. The van der Waals surface area contributed by atoms with Crippen LogP contribution in [0.1, 0.15) is 11.1 Å². The van der Waals surface area contributed by atoms with Crippen molar-refractivity contribution >= 4 is 5.97 Å². The molecule has 5 nitrogen and oxygen atoms in total. The van der Waals surface area contributed by atoms with Gasteiger partial charge in [-0.2, -0.15) is 13.2 Å². The van der Waals surface area contributed by atoms with Crippen LogP contribution in [0.25, 0.3) is 0 Å². The number of nitrogens with zero attached hydrogens (tertiary/aromatic N) is 2. The van der Waals surface area contributed by atoms with Crippen LogP contribution in [0.2, 0.25) is 0 Å². The minimum atomic E-state index is -4.73. The molecule has 1 heterocycles. The lowest BCUT2D eigenvalue weighted by Gasteiger charge is -2.34. The third-order valence-corrected chi connectivity index (χ3v) is 3.89. The summed E-state index contributed by atoms with van der Waals surface area (Å²) < 4.78 is 57.3. The van der Waals surface area contributed by atoms with Gasteiger partial charge < -0.3 is 9.84 Å². The van der Waals surface area contributed by atoms with E-state index >= 15 is 0 Å². The molecule has 1 fully saturated rings. The molecule has 1 saturated heterocycles. The summed E-state index contributed by atoms with van der Waals surface area (Å²) in [6.45, 7) is 1.93. The van der Waals surface area contributed by atoms with Crippen LogP contribution < -0.4 is 0 Å². The summed E-state index contributed by atoms with van der Waals surface area (Å²) in [6.07, 6.45) is -4.96. The minimum absolute atomic E-state index is 0.118. The first-order valence-corrected chi connectivity index (χ1v) is 7.75. The maximum atomic E-state index is 13.3. The summed E-state index contributed by atoms with van der Waals surface area (Å²) in [4.78, 5) is 14.2. The predicted octanol–water partition coefficient (Wildman–Crippen LogP) is 2.06. The average molecular weight is 364 g/mol. The van der Waals surface area contributed by atoms with Gasteiger partial charge in [0.05, 0.1) is 24.8 Å². The molecule has 2 rings (SSSR count). The molecule has 1 aromatic rings. The number of ether oxygens (including phenoxy) is 1. The van der Waals surface area contributed by atoms with Crippen molar-refractivity contribution in [1.82, 2.24) is 9.80 Å². The average Bonchev–Trinajstić information content (AvgIpc) is 2.47. The van der Waals surface area contributed by atoms with Crippen molar-refractivity contribution in [2.45, 2.75) is 18.8 Å². The molecule has 0 saturated carbocycles. The predicted molar refractivity (Wildman–Crippen MR) is 81.6 cm³/mol. The molecule has 1 aliphatic rings. The molecule has 0 bridgehead atoms. The molecular weight excluding hydrogens is 344 g/mol. The van der Waals surface area contributed by atoms with Crippen LogP contribution in [0.5, 0.6) is 0 Å². The van der Waals surface area contributed by atoms with Crippen molar-refractivity contribution in [3.8, 4) is 0 Å². The van der Waals surface area contributed by atoms with Gasteiger partial charge in [-0.1, -0.05) is 6.07 Å². The Labute approximate surface area is 142 Å². The van der Waals surface area contributed by atoms with Crippen LogP contribution in [0.4, 0.5) is 17.6 Å². The summed E-state index contributed by atoms with van der Waals surface area (Å²) in [5.74, 6) is -2.23. The topological polar surface area (TPSA) is 53.0 Å². The summed E-state index contributed by atoms with van der Waals surface area (Å²) in [5, 5.41) is 8.76. The first kappa shape index (κ1) is 19.6. The third-order valence-electron chi connectivity index (χ3n) is 3.89. The van der Waals surface area contributed by atoms with Gasteiger partial charge in [0.25, 0.3) is 0 Å². The third kappa shape index (κ3) is 5.94. The van der Waals surface area contributed by atoms with Gasteiger partial charge in [0.2, 0.25) is 0 Å². The fourth-order valence-corrected chi connectivity index (χ4v) is 2.82. The van der Waals surface area contributed by atoms with Crippen LogP contribution in [0.3, 0.4) is 0 Å². The van der Waals surface area contributed by atoms with Gasteiger partial charge >= 0.3 is 12.1 Å². The Morgan fingerprint density at radius 3 is 2.80 bits per heavy atom. The molecule has 0 amide bonds. The molecule has 1 aliphatic heterocycles. The molecule has 1 atom stereocenters. The van der Waals surface area contributed by atoms with Crippen LogP contribution >= 0.6 is 0 Å². The van der Waals surface area contributed by atoms with Crippen LogP contribution in [-0.2, 0) is 22.3 Å². The van der Waals surface area contributed by atoms with E-state index in [1.54, 1.807) is 11.9 Å². The van der Waals surface area contributed by atoms with Gasteiger partial charge in [0.1, 0.15) is 5.82 Å². The second-order valence-corrected chi connectivity index (χ2v) is 6.13. The molecule has 0 spiro atoms. The molecule has 0 aliphatic carbocycles. The van der Waals surface area contributed by atoms with Gasteiger partial charge in [-0.25, -0.2) is 4.39 Å². The lowest BCUT2D eigenvalue weighted by Crippen LogP contribution is -2.47. The Bertz CT molecular complexity index is 610. The molecule has 0 radical (unpaired) electrons. The van der Waals surface area contributed by atoms with Crippen molar-refractivity contribution in [1.29, 1.82) is 0 Å². The number of morpholine rings is 1. The Hall–Kier alpha value is -1.71. The van der Waals surface area contributed by atoms with Crippen LogP contribution in [0.15, 0.2) is 18.2 Å². The lowest BCUT2D eigenvalue weighted by molar-refractivity contribution is -0.140. The number of carboxylic acids is 1. The highest BCUT2D eigenvalue weighted by Gasteiger charge is 2.34. The van der Waals surface area contributed by atoms with E-state index < -0.39 is 23.5 Å². The molecular formula is C16H20F4N2O3. The number of carboxylic acid groups (broad SMARTS) is 1. The highest BCUT2D eigenvalue weighted by Crippen LogP contribution is 2.32. The first-order valence-electron chi connectivity index (χ1n) is 7.75. The van der Waals surface area contributed by atoms with E-state index in [-0.39, 0.29) is 19.2 Å². The number of hydrogen-bond acceptors (Lipinski definition) is 4. The van der Waals surface area contributed by atoms with E-state index in [4.69, 9.17) is 9.84 Å². The standard InChI is InChI=1S/C16H20F4N2O3/c1-21(10-15(23)24)8-12-9-22(4-5-25-12)7-11-2-3-14(17)13(6-11)16(18,19)20/h2-3,6,12H,4-5,7-10H2,1H3,(H,23,24). The highest BCUT2D eigenvalue weighted by molar-refractivity contribution is 5.69. The first-order chi connectivity index (χ1) is 11.6. The zero-order chi connectivity index (χ0) is 18.6. The molecule has 1 aromatic carbocycles. The molecule has 9 heteroatoms. The molecule has 0 aromatic heterocycles. The highest BCUT2D eigenvalue weighted by atomic mass is 19.4. The number of halogens is 4. The fraction of sp³-hybridized carbons (Fsp3) is 0.562. The Balaban J connectivity index is 1.97. The quantitative estimate of drug-likeness (QED) is 0.784. The minimum Gasteiger partial charge on any atom is -0.480 e. The maximum absolute atomic E-state index is 13.3. The van der Waals surface area contributed by atoms with E-state index in [9.17, 15) is 22.4 Å². The van der Waals surface area contributed by atoms with E-state index in [0.29, 0.717) is 31.8 Å². The van der Waals surface area contributed by atoms with Crippen LogP contribution in [-0.4, -0.2) is 66.8 Å². The second-order valence-electron chi connectivity index (χ2n) is 6.13. The fourth-order valence-electron chi connectivity index (χ4n) is 2.82. The number of aliphatic carboxylic acids is 1. The van der Waals surface area contributed by atoms with Gasteiger partial charge in [0.15, 0.2) is 0 Å². The Kier molecular flexibility index (Phi) is 6.36. The summed E-state index contributed by atoms with van der Waals surface area (Å²) >= 11 is 0. The summed E-state index contributed by atoms with van der Waals surface area (Å²) in [6, 6.07) is 3.00. The van der Waals surface area contributed by atoms with Crippen molar-refractivity contribution in [3.63, 3.8) is 0 Å². The number of benzene rings is 1. The molecule has 140 valence electrons. The number of alkyl halides is 3. The number of carbonyl (C=O) groups is 1. The molecule has 1 N–H and O–H groups in total. The van der Waals surface area contributed by atoms with Crippen molar-refractivity contribution in [2.24, 2.45) is 0 Å². The Morgan fingerprint density at radius 1 is 1.44 bits per heavy atom. The van der Waals surface area contributed by atoms with Gasteiger partial charge in [-0.3, -0.25) is 14.6 Å². The smallest absolute Gasteiger partial charge is 0.419 e.